The molecule has 110 valence electrons. The number of nitrogens with two attached hydrogens (primary N) is 1. The Hall–Kier alpha value is 0.140. The highest BCUT2D eigenvalue weighted by molar-refractivity contribution is 7.66. The quantitative estimate of drug-likeness (QED) is 0.282. The molecule has 0 amide bonds. The first-order valence-corrected chi connectivity index (χ1v) is 7.87. The van der Waals surface area contributed by atoms with E-state index >= 15 is 0 Å². The van der Waals surface area contributed by atoms with Crippen molar-refractivity contribution in [2.24, 2.45) is 5.73 Å². The largest absolute Gasteiger partial charge is 0.421 e. The van der Waals surface area contributed by atoms with Crippen LogP contribution in [0.3, 0.4) is 0 Å². The van der Waals surface area contributed by atoms with Crippen molar-refractivity contribution in [2.45, 2.75) is 19.3 Å². The molecule has 0 heterocycles. The smallest absolute Gasteiger partial charge is 0.343 e. The first-order chi connectivity index (χ1) is 7.96. The SMILES string of the molecule is COP(=O)(OC(C)(O)O)N(CCCN)P(=O)(O)O. The fourth-order valence-electron chi connectivity index (χ4n) is 1.03. The molecule has 0 saturated carbocycles. The lowest BCUT2D eigenvalue weighted by atomic mass is 10.4. The normalized spacial score (nSPS) is 16.9. The predicted molar refractivity (Wildman–Crippen MR) is 61.0 cm³/mol. The topological polar surface area (TPSA) is 163 Å². The van der Waals surface area contributed by atoms with Gasteiger partial charge >= 0.3 is 15.5 Å². The average molecular weight is 308 g/mol. The summed E-state index contributed by atoms with van der Waals surface area (Å²) in [6.07, 6.45) is 0.0927. The molecular formula is C6H18N2O8P2. The third-order valence-corrected chi connectivity index (χ3v) is 5.63. The number of hydrogen-bond donors (Lipinski definition) is 5. The van der Waals surface area contributed by atoms with Gasteiger partial charge in [-0.2, -0.15) is 0 Å². The minimum atomic E-state index is -4.99. The Labute approximate surface area is 104 Å². The summed E-state index contributed by atoms with van der Waals surface area (Å²) in [5.74, 6) is -2.87. The molecule has 0 aromatic carbocycles. The minimum absolute atomic E-state index is 0.0791. The molecule has 1 unspecified atom stereocenters. The van der Waals surface area contributed by atoms with Gasteiger partial charge in [0.25, 0.3) is 5.97 Å². The van der Waals surface area contributed by atoms with E-state index in [2.05, 4.69) is 9.05 Å². The molecule has 0 aromatic heterocycles. The van der Waals surface area contributed by atoms with E-state index in [0.29, 0.717) is 0 Å². The van der Waals surface area contributed by atoms with Gasteiger partial charge in [0.15, 0.2) is 0 Å². The van der Waals surface area contributed by atoms with Gasteiger partial charge in [0.1, 0.15) is 0 Å². The Balaban J connectivity index is 5.27. The van der Waals surface area contributed by atoms with E-state index in [9.17, 15) is 9.13 Å². The Morgan fingerprint density at radius 1 is 1.33 bits per heavy atom. The Morgan fingerprint density at radius 3 is 2.11 bits per heavy atom. The lowest BCUT2D eigenvalue weighted by Gasteiger charge is -2.31. The van der Waals surface area contributed by atoms with Crippen LogP contribution in [-0.4, -0.2) is 50.6 Å². The Kier molecular flexibility index (Phi) is 6.59. The van der Waals surface area contributed by atoms with Crippen molar-refractivity contribution >= 4 is 15.5 Å². The van der Waals surface area contributed by atoms with Crippen molar-refractivity contribution in [2.75, 3.05) is 20.2 Å². The second-order valence-corrected chi connectivity index (χ2v) is 7.22. The highest BCUT2D eigenvalue weighted by Gasteiger charge is 2.47. The van der Waals surface area contributed by atoms with Crippen LogP contribution >= 0.6 is 15.5 Å². The van der Waals surface area contributed by atoms with Gasteiger partial charge < -0.3 is 25.7 Å². The third-order valence-electron chi connectivity index (χ3n) is 1.66. The van der Waals surface area contributed by atoms with E-state index in [4.69, 9.17) is 25.7 Å². The number of aliphatic hydroxyl groups is 2. The van der Waals surface area contributed by atoms with E-state index in [1.165, 1.54) is 0 Å². The zero-order chi connectivity index (χ0) is 14.6. The second-order valence-electron chi connectivity index (χ2n) is 3.43. The van der Waals surface area contributed by atoms with E-state index in [-0.39, 0.29) is 17.4 Å². The molecule has 0 aromatic rings. The zero-order valence-corrected chi connectivity index (χ0v) is 11.8. The summed E-state index contributed by atoms with van der Waals surface area (Å²) in [5.41, 5.74) is 5.18. The molecule has 18 heavy (non-hydrogen) atoms. The monoisotopic (exact) mass is 308 g/mol. The van der Waals surface area contributed by atoms with Gasteiger partial charge in [0, 0.05) is 20.6 Å². The number of rotatable bonds is 8. The summed E-state index contributed by atoms with van der Waals surface area (Å²) in [7, 11) is -8.70. The van der Waals surface area contributed by atoms with E-state index < -0.39 is 28.0 Å². The fourth-order valence-corrected chi connectivity index (χ4v) is 4.08. The van der Waals surface area contributed by atoms with Crippen LogP contribution in [0.1, 0.15) is 13.3 Å². The van der Waals surface area contributed by atoms with Gasteiger partial charge in [-0.3, -0.25) is 4.52 Å². The second kappa shape index (κ2) is 6.53. The van der Waals surface area contributed by atoms with Gasteiger partial charge in [0.05, 0.1) is 0 Å². The van der Waals surface area contributed by atoms with Crippen LogP contribution < -0.4 is 5.73 Å². The summed E-state index contributed by atoms with van der Waals surface area (Å²) in [4.78, 5) is 18.1. The van der Waals surface area contributed by atoms with Crippen molar-refractivity contribution in [3.63, 3.8) is 0 Å². The average Bonchev–Trinajstić information content (AvgIpc) is 2.13. The summed E-state index contributed by atoms with van der Waals surface area (Å²) in [6, 6.07) is 0. The first kappa shape index (κ1) is 18.1. The Bertz CT molecular complexity index is 350. The molecule has 0 spiro atoms. The molecule has 0 radical (unpaired) electrons. The molecule has 0 fully saturated rings. The fraction of sp³-hybridized carbons (Fsp3) is 1.00. The molecular weight excluding hydrogens is 290 g/mol. The lowest BCUT2D eigenvalue weighted by Crippen LogP contribution is -2.31. The van der Waals surface area contributed by atoms with E-state index in [1.807, 2.05) is 0 Å². The maximum Gasteiger partial charge on any atom is 0.421 e. The maximum atomic E-state index is 12.1. The molecule has 0 aliphatic heterocycles. The molecule has 12 heteroatoms. The summed E-state index contributed by atoms with van der Waals surface area (Å²) in [5, 5.41) is 18.0. The molecule has 1 atom stereocenters. The van der Waals surface area contributed by atoms with Crippen molar-refractivity contribution in [1.29, 1.82) is 0 Å². The maximum absolute atomic E-state index is 12.1. The van der Waals surface area contributed by atoms with Crippen molar-refractivity contribution < 1.29 is 38.2 Å². The first-order valence-electron chi connectivity index (χ1n) is 4.81. The van der Waals surface area contributed by atoms with Gasteiger partial charge in [-0.25, -0.2) is 13.7 Å². The predicted octanol–water partition coefficient (Wildman–Crippen LogP) is -0.841. The summed E-state index contributed by atoms with van der Waals surface area (Å²) in [6.45, 7) is 0.400. The van der Waals surface area contributed by atoms with Crippen LogP contribution in [0.25, 0.3) is 0 Å². The number of nitrogens with zero attached hydrogens (tertiary/aromatic N) is 1. The van der Waals surface area contributed by atoms with Crippen molar-refractivity contribution in [3.05, 3.63) is 0 Å². The third kappa shape index (κ3) is 5.85. The van der Waals surface area contributed by atoms with Crippen molar-refractivity contribution in [3.8, 4) is 0 Å². The van der Waals surface area contributed by atoms with Gasteiger partial charge in [-0.05, 0) is 13.0 Å². The van der Waals surface area contributed by atoms with Crippen LogP contribution in [-0.2, 0) is 18.2 Å². The molecule has 0 saturated heterocycles. The van der Waals surface area contributed by atoms with Crippen LogP contribution in [0.5, 0.6) is 0 Å². The van der Waals surface area contributed by atoms with Crippen LogP contribution in [0, 0.1) is 0 Å². The van der Waals surface area contributed by atoms with Gasteiger partial charge in [-0.15, -0.1) is 4.44 Å². The van der Waals surface area contributed by atoms with Crippen LogP contribution in [0.4, 0.5) is 0 Å². The molecule has 0 aliphatic carbocycles. The lowest BCUT2D eigenvalue weighted by molar-refractivity contribution is -0.283. The van der Waals surface area contributed by atoms with E-state index in [0.717, 1.165) is 14.0 Å². The highest BCUT2D eigenvalue weighted by Crippen LogP contribution is 2.64. The van der Waals surface area contributed by atoms with Gasteiger partial charge in [0.2, 0.25) is 0 Å². The van der Waals surface area contributed by atoms with Gasteiger partial charge in [-0.1, -0.05) is 0 Å². The minimum Gasteiger partial charge on any atom is -0.343 e. The van der Waals surface area contributed by atoms with Crippen LogP contribution in [0.15, 0.2) is 0 Å². The molecule has 6 N–H and O–H groups in total. The highest BCUT2D eigenvalue weighted by atomic mass is 31.3. The zero-order valence-electron chi connectivity index (χ0n) is 9.96. The van der Waals surface area contributed by atoms with Crippen molar-refractivity contribution in [1.82, 2.24) is 4.44 Å². The molecule has 0 bridgehead atoms. The summed E-state index contributed by atoms with van der Waals surface area (Å²) < 4.78 is 32.1. The van der Waals surface area contributed by atoms with Crippen LogP contribution in [0.2, 0.25) is 0 Å². The molecule has 0 rings (SSSR count). The summed E-state index contributed by atoms with van der Waals surface area (Å²) >= 11 is 0. The Morgan fingerprint density at radius 2 is 1.83 bits per heavy atom. The standard InChI is InChI=1S/C6H18N2O8P2/c1-6(9,10)16-18(14,15-2)8(5-3-4-7)17(11,12)13/h9-10H,3-5,7H2,1-2H3,(H2,11,12,13). The number of hydrogen-bond acceptors (Lipinski definition) is 7. The molecule has 0 aliphatic rings. The van der Waals surface area contributed by atoms with E-state index in [1.54, 1.807) is 0 Å². The molecule has 10 nitrogen and oxygen atoms in total.